The van der Waals surface area contributed by atoms with Crippen LogP contribution in [0.1, 0.15) is 66.4 Å². The number of nitrogens with one attached hydrogen (secondary N) is 1. The second kappa shape index (κ2) is 9.69. The van der Waals surface area contributed by atoms with Gasteiger partial charge in [-0.2, -0.15) is 0 Å². The molecule has 0 unspecified atom stereocenters. The molecule has 1 N–H and O–H groups in total. The van der Waals surface area contributed by atoms with Gasteiger partial charge in [-0.15, -0.1) is 0 Å². The highest BCUT2D eigenvalue weighted by atomic mass is 16.7. The Balaban J connectivity index is 1.15. The van der Waals surface area contributed by atoms with Crippen molar-refractivity contribution < 1.29 is 32.8 Å². The molecule has 0 spiro atoms. The topological polar surface area (TPSA) is 99.5 Å². The van der Waals surface area contributed by atoms with E-state index < -0.39 is 30.4 Å². The summed E-state index contributed by atoms with van der Waals surface area (Å²) in [6.07, 6.45) is 4.11. The number of alkyl carbamates (subject to hydrolysis) is 1. The molecule has 7 rings (SSSR count). The number of hydrogen-bond acceptors (Lipinski definition) is 7. The van der Waals surface area contributed by atoms with E-state index in [2.05, 4.69) is 26.1 Å². The van der Waals surface area contributed by atoms with Crippen LogP contribution in [0.2, 0.25) is 0 Å². The molecule has 1 aromatic carbocycles. The van der Waals surface area contributed by atoms with Crippen molar-refractivity contribution in [1.82, 2.24) is 10.2 Å². The summed E-state index contributed by atoms with van der Waals surface area (Å²) >= 11 is 0. The Hall–Kier alpha value is -2.72. The number of carbonyl (C=O) groups excluding carboxylic acids is 2. The van der Waals surface area contributed by atoms with Crippen molar-refractivity contribution in [3.63, 3.8) is 0 Å². The van der Waals surface area contributed by atoms with Gasteiger partial charge in [-0.05, 0) is 82.3 Å². The van der Waals surface area contributed by atoms with Gasteiger partial charge in [0.15, 0.2) is 0 Å². The standard InChI is InChI=1S/C30H41BN2O7/c1-28(2,3)38-27(35)33-12-11-20(33)17-37-26(34)32-25(13-18-16-36-22-10-8-7-9-21(18)22)31-39-24-15-19-14-23(29(19,4)5)30(24,6)40-31/h7-10,16,19-20,23-25H,11-15,17H2,1-6H3,(H,32,34)/t19-,20+,23-,24+,25-,30-/m0/s1. The first kappa shape index (κ1) is 27.5. The number of carbonyl (C=O) groups is 2. The molecule has 40 heavy (non-hydrogen) atoms. The first-order valence-electron chi connectivity index (χ1n) is 14.6. The van der Waals surface area contributed by atoms with Gasteiger partial charge in [-0.1, -0.05) is 32.0 Å². The predicted molar refractivity (Wildman–Crippen MR) is 150 cm³/mol. The minimum atomic E-state index is -0.617. The van der Waals surface area contributed by atoms with Crippen LogP contribution < -0.4 is 5.32 Å². The lowest BCUT2D eigenvalue weighted by Gasteiger charge is -2.64. The summed E-state index contributed by atoms with van der Waals surface area (Å²) in [6, 6.07) is 7.65. The van der Waals surface area contributed by atoms with Crippen LogP contribution in [0.5, 0.6) is 0 Å². The lowest BCUT2D eigenvalue weighted by molar-refractivity contribution is -0.199. The van der Waals surface area contributed by atoms with E-state index in [4.69, 9.17) is 23.2 Å². The molecule has 5 fully saturated rings. The summed E-state index contributed by atoms with van der Waals surface area (Å²) in [4.78, 5) is 27.2. The highest BCUT2D eigenvalue weighted by Gasteiger charge is 2.68. The van der Waals surface area contributed by atoms with Crippen molar-refractivity contribution in [2.24, 2.45) is 17.3 Å². The van der Waals surface area contributed by atoms with Gasteiger partial charge in [-0.25, -0.2) is 9.59 Å². The number of amides is 2. The zero-order chi connectivity index (χ0) is 28.4. The second-order valence-corrected chi connectivity index (χ2v) is 13.8. The molecule has 3 heterocycles. The number of hydrogen-bond donors (Lipinski definition) is 1. The number of ether oxygens (including phenoxy) is 2. The third-order valence-electron chi connectivity index (χ3n) is 9.78. The largest absolute Gasteiger partial charge is 0.482 e. The number of furan rings is 1. The minimum absolute atomic E-state index is 0.00643. The van der Waals surface area contributed by atoms with Crippen LogP contribution in [-0.4, -0.2) is 66.6 Å². The van der Waals surface area contributed by atoms with Gasteiger partial charge in [0.1, 0.15) is 17.8 Å². The molecule has 6 atom stereocenters. The summed E-state index contributed by atoms with van der Waals surface area (Å²) in [5.74, 6) is 0.552. The van der Waals surface area contributed by atoms with Gasteiger partial charge in [0, 0.05) is 11.9 Å². The summed E-state index contributed by atoms with van der Waals surface area (Å²) in [7, 11) is -0.617. The predicted octanol–water partition coefficient (Wildman–Crippen LogP) is 5.35. The molecule has 1 aromatic heterocycles. The Labute approximate surface area is 236 Å². The van der Waals surface area contributed by atoms with E-state index in [0.29, 0.717) is 24.8 Å². The van der Waals surface area contributed by atoms with Crippen molar-refractivity contribution >= 4 is 30.3 Å². The molecule has 3 aliphatic carbocycles. The van der Waals surface area contributed by atoms with E-state index in [1.807, 2.05) is 45.0 Å². The van der Waals surface area contributed by atoms with Crippen LogP contribution >= 0.6 is 0 Å². The second-order valence-electron chi connectivity index (χ2n) is 13.8. The molecule has 2 aliphatic heterocycles. The molecule has 216 valence electrons. The third-order valence-corrected chi connectivity index (χ3v) is 9.78. The Morgan fingerprint density at radius 1 is 1.20 bits per heavy atom. The van der Waals surface area contributed by atoms with Crippen molar-refractivity contribution in [1.29, 1.82) is 0 Å². The molecule has 2 amide bonds. The Kier molecular flexibility index (Phi) is 6.65. The van der Waals surface area contributed by atoms with Gasteiger partial charge < -0.3 is 33.4 Å². The quantitative estimate of drug-likeness (QED) is 0.483. The molecule has 2 bridgehead atoms. The summed E-state index contributed by atoms with van der Waals surface area (Å²) in [5, 5.41) is 4.03. The molecule has 0 radical (unpaired) electrons. The third kappa shape index (κ3) is 4.77. The van der Waals surface area contributed by atoms with Crippen LogP contribution in [0.25, 0.3) is 11.0 Å². The lowest BCUT2D eigenvalue weighted by Crippen LogP contribution is -2.65. The SMILES string of the molecule is CC(C)(C)OC(=O)N1CC[C@@H]1COC(=O)N[C@@H](Cc1coc2ccccc12)B1O[C@@H]2C[C@@H]3C[C@@H](C3(C)C)[C@]2(C)O1. The molecule has 2 aromatic rings. The number of para-hydroxylation sites is 1. The average molecular weight is 552 g/mol. The van der Waals surface area contributed by atoms with Crippen molar-refractivity contribution in [3.05, 3.63) is 36.1 Å². The monoisotopic (exact) mass is 552 g/mol. The van der Waals surface area contributed by atoms with Crippen LogP contribution in [0, 0.1) is 17.3 Å². The molecule has 9 nitrogen and oxygen atoms in total. The van der Waals surface area contributed by atoms with E-state index >= 15 is 0 Å². The Bertz CT molecular complexity index is 1290. The lowest BCUT2D eigenvalue weighted by atomic mass is 9.43. The van der Waals surface area contributed by atoms with E-state index in [9.17, 15) is 9.59 Å². The molecular formula is C30H41BN2O7. The fraction of sp³-hybridized carbons (Fsp3) is 0.667. The number of benzene rings is 1. The van der Waals surface area contributed by atoms with Gasteiger partial charge in [-0.3, -0.25) is 0 Å². The van der Waals surface area contributed by atoms with Crippen molar-refractivity contribution in [2.45, 2.75) is 96.5 Å². The van der Waals surface area contributed by atoms with Crippen LogP contribution in [-0.2, 0) is 25.2 Å². The van der Waals surface area contributed by atoms with Gasteiger partial charge in [0.25, 0.3) is 0 Å². The smallest absolute Gasteiger partial charge is 0.464 e. The Morgan fingerprint density at radius 3 is 2.67 bits per heavy atom. The Morgan fingerprint density at radius 2 is 1.98 bits per heavy atom. The number of nitrogens with zero attached hydrogens (tertiary/aromatic N) is 1. The molecular weight excluding hydrogens is 511 g/mol. The molecule has 10 heteroatoms. The fourth-order valence-electron chi connectivity index (χ4n) is 7.25. The van der Waals surface area contributed by atoms with E-state index in [-0.39, 0.29) is 30.3 Å². The van der Waals surface area contributed by atoms with Crippen molar-refractivity contribution in [2.75, 3.05) is 13.2 Å². The van der Waals surface area contributed by atoms with Gasteiger partial charge in [0.2, 0.25) is 0 Å². The van der Waals surface area contributed by atoms with Gasteiger partial charge in [0.05, 0.1) is 30.0 Å². The maximum absolute atomic E-state index is 13.1. The zero-order valence-corrected chi connectivity index (χ0v) is 24.4. The van der Waals surface area contributed by atoms with E-state index in [0.717, 1.165) is 35.8 Å². The first-order chi connectivity index (χ1) is 18.8. The summed E-state index contributed by atoms with van der Waals surface area (Å²) in [6.45, 7) is 13.0. The average Bonchev–Trinajstić information content (AvgIpc) is 3.42. The highest BCUT2D eigenvalue weighted by Crippen LogP contribution is 2.65. The van der Waals surface area contributed by atoms with E-state index in [1.165, 1.54) is 0 Å². The fourth-order valence-corrected chi connectivity index (χ4v) is 7.25. The van der Waals surface area contributed by atoms with Crippen molar-refractivity contribution in [3.8, 4) is 0 Å². The van der Waals surface area contributed by atoms with E-state index in [1.54, 1.807) is 11.2 Å². The van der Waals surface area contributed by atoms with Crippen LogP contribution in [0.15, 0.2) is 34.9 Å². The zero-order valence-electron chi connectivity index (χ0n) is 24.4. The maximum Gasteiger partial charge on any atom is 0.482 e. The number of rotatable bonds is 6. The normalized spacial score (nSPS) is 31.1. The highest BCUT2D eigenvalue weighted by molar-refractivity contribution is 6.48. The maximum atomic E-state index is 13.1. The van der Waals surface area contributed by atoms with Gasteiger partial charge >= 0.3 is 19.3 Å². The minimum Gasteiger partial charge on any atom is -0.464 e. The summed E-state index contributed by atoms with van der Waals surface area (Å²) < 4.78 is 30.1. The molecule has 2 saturated heterocycles. The molecule has 5 aliphatic rings. The number of likely N-dealkylation sites (tertiary alicyclic amines) is 1. The summed E-state index contributed by atoms with van der Waals surface area (Å²) in [5.41, 5.74) is 1.00. The van der Waals surface area contributed by atoms with Crippen LogP contribution in [0.4, 0.5) is 9.59 Å². The number of fused-ring (bicyclic) bond motifs is 1. The van der Waals surface area contributed by atoms with Crippen LogP contribution in [0.3, 0.4) is 0 Å². The first-order valence-corrected chi connectivity index (χ1v) is 14.6. The molecule has 3 saturated carbocycles.